The minimum Gasteiger partial charge on any atom is -0.296 e. The Morgan fingerprint density at radius 1 is 1.62 bits per heavy atom. The second kappa shape index (κ2) is 2.35. The average molecular weight is 146 g/mol. The Hall–Kier alpha value is -0.250. The van der Waals surface area contributed by atoms with Crippen molar-refractivity contribution in [2.75, 3.05) is 0 Å². The Morgan fingerprint density at radius 3 is 2.00 bits per heavy atom. The van der Waals surface area contributed by atoms with Gasteiger partial charge in [-0.2, -0.15) is 8.78 Å². The van der Waals surface area contributed by atoms with E-state index in [1.54, 1.807) is 0 Å². The van der Waals surface area contributed by atoms with Crippen LogP contribution >= 0.6 is 11.6 Å². The summed E-state index contributed by atoms with van der Waals surface area (Å²) < 4.78 is 34.1. The standard InChI is InChI=1S/C3H2ClF3O/c4-2(5)3(6,7)1-8/h1-2H. The molecule has 5 heteroatoms. The van der Waals surface area contributed by atoms with E-state index in [1.165, 1.54) is 0 Å². The monoisotopic (exact) mass is 146 g/mol. The molecule has 0 saturated heterocycles. The van der Waals surface area contributed by atoms with Crippen LogP contribution in [0.4, 0.5) is 13.2 Å². The van der Waals surface area contributed by atoms with Crippen molar-refractivity contribution in [3.8, 4) is 0 Å². The zero-order valence-corrected chi connectivity index (χ0v) is 4.33. The normalized spacial score (nSPS) is 15.5. The first-order valence-electron chi connectivity index (χ1n) is 1.63. The SMILES string of the molecule is O=CC(F)(F)C(F)Cl. The molecule has 0 aromatic carbocycles. The molecular formula is C3H2ClF3O. The zero-order valence-electron chi connectivity index (χ0n) is 3.57. The topological polar surface area (TPSA) is 17.1 Å². The second-order valence-electron chi connectivity index (χ2n) is 1.09. The number of alkyl halides is 4. The maximum atomic E-state index is 11.4. The van der Waals surface area contributed by atoms with Crippen LogP contribution in [0.5, 0.6) is 0 Å². The smallest absolute Gasteiger partial charge is 0.296 e. The fourth-order valence-electron chi connectivity index (χ4n) is 0.0514. The molecule has 0 aromatic rings. The number of carbonyl (C=O) groups is 1. The maximum absolute atomic E-state index is 11.4. The van der Waals surface area contributed by atoms with Gasteiger partial charge in [-0.15, -0.1) is 0 Å². The largest absolute Gasteiger partial charge is 0.346 e. The summed E-state index contributed by atoms with van der Waals surface area (Å²) in [7, 11) is 0. The molecule has 1 atom stereocenters. The average Bonchev–Trinajstić information content (AvgIpc) is 1.67. The molecule has 0 aliphatic heterocycles. The van der Waals surface area contributed by atoms with Gasteiger partial charge < -0.3 is 0 Å². The minimum absolute atomic E-state index is 0.829. The summed E-state index contributed by atoms with van der Waals surface area (Å²) in [6, 6.07) is 0. The van der Waals surface area contributed by atoms with Gasteiger partial charge in [0.25, 0.3) is 0 Å². The quantitative estimate of drug-likeness (QED) is 0.425. The molecule has 8 heavy (non-hydrogen) atoms. The summed E-state index contributed by atoms with van der Waals surface area (Å²) in [6.07, 6.45) is -0.829. The lowest BCUT2D eigenvalue weighted by Gasteiger charge is -2.05. The molecule has 0 aliphatic carbocycles. The van der Waals surface area contributed by atoms with E-state index in [4.69, 9.17) is 0 Å². The van der Waals surface area contributed by atoms with Crippen molar-refractivity contribution >= 4 is 17.9 Å². The molecule has 0 radical (unpaired) electrons. The first kappa shape index (κ1) is 7.75. The van der Waals surface area contributed by atoms with Crippen molar-refractivity contribution < 1.29 is 18.0 Å². The third kappa shape index (κ3) is 1.69. The first-order chi connectivity index (χ1) is 3.50. The summed E-state index contributed by atoms with van der Waals surface area (Å²) in [6.45, 7) is 0. The third-order valence-corrected chi connectivity index (χ3v) is 0.739. The van der Waals surface area contributed by atoms with Crippen molar-refractivity contribution in [1.82, 2.24) is 0 Å². The number of hydrogen-bond acceptors (Lipinski definition) is 1. The van der Waals surface area contributed by atoms with Gasteiger partial charge in [0.1, 0.15) is 0 Å². The van der Waals surface area contributed by atoms with Crippen LogP contribution in [0.3, 0.4) is 0 Å². The summed E-state index contributed by atoms with van der Waals surface area (Å²) >= 11 is 4.22. The van der Waals surface area contributed by atoms with E-state index >= 15 is 0 Å². The van der Waals surface area contributed by atoms with Gasteiger partial charge in [0.2, 0.25) is 5.63 Å². The first-order valence-corrected chi connectivity index (χ1v) is 2.06. The Morgan fingerprint density at radius 2 is 2.00 bits per heavy atom. The van der Waals surface area contributed by atoms with E-state index in [9.17, 15) is 18.0 Å². The molecule has 0 aromatic heterocycles. The van der Waals surface area contributed by atoms with Crippen molar-refractivity contribution in [3.05, 3.63) is 0 Å². The predicted octanol–water partition coefficient (Wildman–Crippen LogP) is 1.35. The molecule has 0 saturated carbocycles. The highest BCUT2D eigenvalue weighted by atomic mass is 35.5. The lowest BCUT2D eigenvalue weighted by atomic mass is 10.4. The van der Waals surface area contributed by atoms with Gasteiger partial charge in [-0.05, 0) is 0 Å². The van der Waals surface area contributed by atoms with Gasteiger partial charge in [0.15, 0.2) is 6.29 Å². The fraction of sp³-hybridized carbons (Fsp3) is 0.667. The number of carbonyl (C=O) groups excluding carboxylic acids is 1. The van der Waals surface area contributed by atoms with E-state index < -0.39 is 17.8 Å². The van der Waals surface area contributed by atoms with E-state index in [1.807, 2.05) is 0 Å². The molecule has 1 unspecified atom stereocenters. The van der Waals surface area contributed by atoms with Crippen LogP contribution in [0.25, 0.3) is 0 Å². The highest BCUT2D eigenvalue weighted by Gasteiger charge is 2.38. The number of halogens is 4. The third-order valence-electron chi connectivity index (χ3n) is 0.448. The minimum atomic E-state index is -4.04. The van der Waals surface area contributed by atoms with Crippen LogP contribution < -0.4 is 0 Å². The van der Waals surface area contributed by atoms with E-state index in [-0.39, 0.29) is 0 Å². The fourth-order valence-corrected chi connectivity index (χ4v) is 0.103. The van der Waals surface area contributed by atoms with Crippen LogP contribution in [0, 0.1) is 0 Å². The molecule has 48 valence electrons. The molecule has 0 amide bonds. The van der Waals surface area contributed by atoms with E-state index in [0.29, 0.717) is 0 Å². The molecule has 1 nitrogen and oxygen atoms in total. The molecule has 0 spiro atoms. The van der Waals surface area contributed by atoms with Crippen LogP contribution in [0.2, 0.25) is 0 Å². The van der Waals surface area contributed by atoms with Gasteiger partial charge in [-0.3, -0.25) is 4.79 Å². The Labute approximate surface area is 48.4 Å². The molecular weight excluding hydrogens is 144 g/mol. The van der Waals surface area contributed by atoms with Crippen molar-refractivity contribution in [2.24, 2.45) is 0 Å². The molecule has 0 fully saturated rings. The lowest BCUT2D eigenvalue weighted by molar-refractivity contribution is -0.133. The van der Waals surface area contributed by atoms with Crippen LogP contribution in [-0.2, 0) is 4.79 Å². The molecule has 0 bridgehead atoms. The lowest BCUT2D eigenvalue weighted by Crippen LogP contribution is -2.26. The van der Waals surface area contributed by atoms with Gasteiger partial charge in [-0.25, -0.2) is 4.39 Å². The molecule has 0 N–H and O–H groups in total. The van der Waals surface area contributed by atoms with Gasteiger partial charge >= 0.3 is 5.92 Å². The Balaban J connectivity index is 3.90. The van der Waals surface area contributed by atoms with E-state index in [0.717, 1.165) is 0 Å². The Kier molecular flexibility index (Phi) is 2.27. The van der Waals surface area contributed by atoms with Gasteiger partial charge in [0.05, 0.1) is 0 Å². The zero-order chi connectivity index (χ0) is 6.78. The van der Waals surface area contributed by atoms with Gasteiger partial charge in [-0.1, -0.05) is 11.6 Å². The predicted molar refractivity (Wildman–Crippen MR) is 21.8 cm³/mol. The number of rotatable bonds is 2. The molecule has 0 rings (SSSR count). The number of hydrogen-bond donors (Lipinski definition) is 0. The molecule has 0 aliphatic rings. The summed E-state index contributed by atoms with van der Waals surface area (Å²) in [4.78, 5) is 9.19. The van der Waals surface area contributed by atoms with Crippen molar-refractivity contribution in [2.45, 2.75) is 11.6 Å². The summed E-state index contributed by atoms with van der Waals surface area (Å²) in [5.41, 5.74) is -2.92. The maximum Gasteiger partial charge on any atom is 0.346 e. The van der Waals surface area contributed by atoms with Crippen LogP contribution in [0.1, 0.15) is 0 Å². The van der Waals surface area contributed by atoms with Crippen molar-refractivity contribution in [3.63, 3.8) is 0 Å². The number of aldehydes is 1. The van der Waals surface area contributed by atoms with Gasteiger partial charge in [0, 0.05) is 0 Å². The highest BCUT2D eigenvalue weighted by Crippen LogP contribution is 2.21. The summed E-state index contributed by atoms with van der Waals surface area (Å²) in [5.74, 6) is -4.04. The summed E-state index contributed by atoms with van der Waals surface area (Å²) in [5, 5.41) is 0. The van der Waals surface area contributed by atoms with Crippen LogP contribution in [0.15, 0.2) is 0 Å². The Bertz CT molecular complexity index is 92.5. The van der Waals surface area contributed by atoms with Crippen LogP contribution in [-0.4, -0.2) is 17.8 Å². The highest BCUT2D eigenvalue weighted by molar-refractivity contribution is 6.21. The second-order valence-corrected chi connectivity index (χ2v) is 1.48. The van der Waals surface area contributed by atoms with Crippen molar-refractivity contribution in [1.29, 1.82) is 0 Å². The van der Waals surface area contributed by atoms with E-state index in [2.05, 4.69) is 11.6 Å². The molecule has 0 heterocycles.